The molecule has 1 aromatic heterocycles. The fraction of sp³-hybridized carbons (Fsp3) is 0.200. The third kappa shape index (κ3) is 1.48. The normalized spacial score (nSPS) is 10.7. The molecule has 2 nitrogen and oxygen atoms in total. The second-order valence-corrected chi connectivity index (χ2v) is 4.60. The van der Waals surface area contributed by atoms with Gasteiger partial charge in [0.25, 0.3) is 0 Å². The standard InChI is InChI=1S/C10H9BrO2S/c1-2-13-10-6-3-4-14-8(6)5-7(11)9(10)12/h3-5,12H,2H2,1H3. The van der Waals surface area contributed by atoms with Gasteiger partial charge in [-0.05, 0) is 40.4 Å². The van der Waals surface area contributed by atoms with E-state index in [0.717, 1.165) is 10.1 Å². The van der Waals surface area contributed by atoms with Gasteiger partial charge in [-0.1, -0.05) is 0 Å². The van der Waals surface area contributed by atoms with Gasteiger partial charge in [-0.25, -0.2) is 0 Å². The Balaban J connectivity index is 2.73. The largest absolute Gasteiger partial charge is 0.503 e. The summed E-state index contributed by atoms with van der Waals surface area (Å²) in [4.78, 5) is 0. The van der Waals surface area contributed by atoms with Crippen LogP contribution in [0, 0.1) is 0 Å². The third-order valence-electron chi connectivity index (χ3n) is 1.93. The Morgan fingerprint density at radius 1 is 1.57 bits per heavy atom. The van der Waals surface area contributed by atoms with Gasteiger partial charge < -0.3 is 9.84 Å². The summed E-state index contributed by atoms with van der Waals surface area (Å²) in [7, 11) is 0. The Kier molecular flexibility index (Phi) is 2.65. The van der Waals surface area contributed by atoms with E-state index in [1.54, 1.807) is 11.3 Å². The average Bonchev–Trinajstić information content (AvgIpc) is 2.60. The molecule has 0 atom stereocenters. The highest BCUT2D eigenvalue weighted by atomic mass is 79.9. The van der Waals surface area contributed by atoms with Crippen molar-refractivity contribution in [2.75, 3.05) is 6.61 Å². The number of phenolic OH excluding ortho intramolecular Hbond substituents is 1. The van der Waals surface area contributed by atoms with E-state index in [9.17, 15) is 5.11 Å². The predicted molar refractivity (Wildman–Crippen MR) is 62.4 cm³/mol. The van der Waals surface area contributed by atoms with Gasteiger partial charge in [-0.3, -0.25) is 0 Å². The van der Waals surface area contributed by atoms with Crippen LogP contribution in [0.15, 0.2) is 22.0 Å². The van der Waals surface area contributed by atoms with E-state index in [1.165, 1.54) is 0 Å². The van der Waals surface area contributed by atoms with Crippen molar-refractivity contribution in [3.05, 3.63) is 22.0 Å². The quantitative estimate of drug-likeness (QED) is 0.902. The van der Waals surface area contributed by atoms with Crippen LogP contribution in [0.3, 0.4) is 0 Å². The monoisotopic (exact) mass is 272 g/mol. The van der Waals surface area contributed by atoms with Gasteiger partial charge in [0.2, 0.25) is 0 Å². The van der Waals surface area contributed by atoms with Crippen molar-refractivity contribution in [3.63, 3.8) is 0 Å². The zero-order chi connectivity index (χ0) is 10.1. The van der Waals surface area contributed by atoms with Gasteiger partial charge in [0.15, 0.2) is 11.5 Å². The Labute approximate surface area is 94.3 Å². The number of hydrogen-bond acceptors (Lipinski definition) is 3. The van der Waals surface area contributed by atoms with Gasteiger partial charge >= 0.3 is 0 Å². The number of thiophene rings is 1. The molecule has 0 saturated carbocycles. The molecule has 4 heteroatoms. The highest BCUT2D eigenvalue weighted by Crippen LogP contribution is 2.42. The van der Waals surface area contributed by atoms with Gasteiger partial charge in [-0.2, -0.15) is 0 Å². The number of phenols is 1. The molecular formula is C10H9BrO2S. The molecule has 0 unspecified atom stereocenters. The highest BCUT2D eigenvalue weighted by Gasteiger charge is 2.12. The summed E-state index contributed by atoms with van der Waals surface area (Å²) < 4.78 is 7.20. The van der Waals surface area contributed by atoms with Crippen LogP contribution in [0.25, 0.3) is 10.1 Å². The van der Waals surface area contributed by atoms with Crippen LogP contribution in [0.5, 0.6) is 11.5 Å². The number of fused-ring (bicyclic) bond motifs is 1. The molecule has 0 aliphatic carbocycles. The van der Waals surface area contributed by atoms with Crippen LogP contribution in [-0.2, 0) is 0 Å². The second-order valence-electron chi connectivity index (χ2n) is 2.80. The molecule has 2 rings (SSSR count). The van der Waals surface area contributed by atoms with Crippen LogP contribution >= 0.6 is 27.3 Å². The number of rotatable bonds is 2. The number of aromatic hydroxyl groups is 1. The molecule has 0 aliphatic heterocycles. The van der Waals surface area contributed by atoms with E-state index in [0.29, 0.717) is 16.8 Å². The van der Waals surface area contributed by atoms with Gasteiger partial charge in [0.05, 0.1) is 11.1 Å². The maximum Gasteiger partial charge on any atom is 0.172 e. The first-order valence-electron chi connectivity index (χ1n) is 4.25. The van der Waals surface area contributed by atoms with E-state index in [-0.39, 0.29) is 5.75 Å². The first-order chi connectivity index (χ1) is 6.74. The summed E-state index contributed by atoms with van der Waals surface area (Å²) in [6.45, 7) is 2.45. The molecule has 0 radical (unpaired) electrons. The van der Waals surface area contributed by atoms with Crippen LogP contribution in [0.4, 0.5) is 0 Å². The van der Waals surface area contributed by atoms with Gasteiger partial charge in [-0.15, -0.1) is 11.3 Å². The minimum atomic E-state index is 0.178. The Morgan fingerprint density at radius 2 is 2.36 bits per heavy atom. The Bertz CT molecular complexity index is 464. The zero-order valence-electron chi connectivity index (χ0n) is 7.58. The molecule has 0 spiro atoms. The third-order valence-corrected chi connectivity index (χ3v) is 3.40. The summed E-state index contributed by atoms with van der Waals surface area (Å²) >= 11 is 4.93. The van der Waals surface area contributed by atoms with E-state index >= 15 is 0 Å². The van der Waals surface area contributed by atoms with Crippen molar-refractivity contribution in [2.24, 2.45) is 0 Å². The predicted octanol–water partition coefficient (Wildman–Crippen LogP) is 3.77. The SMILES string of the molecule is CCOc1c(O)c(Br)cc2sccc12. The molecule has 1 N–H and O–H groups in total. The van der Waals surface area contributed by atoms with E-state index in [4.69, 9.17) is 4.74 Å². The van der Waals surface area contributed by atoms with E-state index < -0.39 is 0 Å². The number of halogens is 1. The van der Waals surface area contributed by atoms with Crippen molar-refractivity contribution in [1.82, 2.24) is 0 Å². The zero-order valence-corrected chi connectivity index (χ0v) is 9.98. The molecule has 0 fully saturated rings. The Morgan fingerprint density at radius 3 is 3.07 bits per heavy atom. The lowest BCUT2D eigenvalue weighted by atomic mass is 10.2. The fourth-order valence-electron chi connectivity index (χ4n) is 1.33. The molecule has 14 heavy (non-hydrogen) atoms. The van der Waals surface area contributed by atoms with Crippen molar-refractivity contribution in [3.8, 4) is 11.5 Å². The molecule has 74 valence electrons. The van der Waals surface area contributed by atoms with Gasteiger partial charge in [0, 0.05) is 10.1 Å². The fourth-order valence-corrected chi connectivity index (χ4v) is 2.72. The molecule has 1 heterocycles. The molecule has 2 aromatic rings. The van der Waals surface area contributed by atoms with Crippen molar-refractivity contribution >= 4 is 37.4 Å². The lowest BCUT2D eigenvalue weighted by Gasteiger charge is -2.08. The molecule has 0 bridgehead atoms. The molecule has 0 saturated heterocycles. The number of hydrogen-bond donors (Lipinski definition) is 1. The first-order valence-corrected chi connectivity index (χ1v) is 5.92. The van der Waals surface area contributed by atoms with Crippen LogP contribution in [0.1, 0.15) is 6.92 Å². The van der Waals surface area contributed by atoms with Crippen molar-refractivity contribution < 1.29 is 9.84 Å². The summed E-state index contributed by atoms with van der Waals surface area (Å²) in [6, 6.07) is 3.86. The number of benzene rings is 1. The Hall–Kier alpha value is -0.740. The molecule has 1 aromatic carbocycles. The number of ether oxygens (including phenoxy) is 1. The second kappa shape index (κ2) is 3.79. The summed E-state index contributed by atoms with van der Waals surface area (Å²) in [5, 5.41) is 12.7. The van der Waals surface area contributed by atoms with Crippen molar-refractivity contribution in [1.29, 1.82) is 0 Å². The highest BCUT2D eigenvalue weighted by molar-refractivity contribution is 9.10. The van der Waals surface area contributed by atoms with Crippen LogP contribution in [0.2, 0.25) is 0 Å². The van der Waals surface area contributed by atoms with E-state index in [1.807, 2.05) is 24.4 Å². The maximum atomic E-state index is 9.78. The minimum absolute atomic E-state index is 0.178. The lowest BCUT2D eigenvalue weighted by Crippen LogP contribution is -1.92. The summed E-state index contributed by atoms with van der Waals surface area (Å²) in [5.41, 5.74) is 0. The maximum absolute atomic E-state index is 9.78. The van der Waals surface area contributed by atoms with Crippen molar-refractivity contribution in [2.45, 2.75) is 6.92 Å². The van der Waals surface area contributed by atoms with Gasteiger partial charge in [0.1, 0.15) is 0 Å². The smallest absolute Gasteiger partial charge is 0.172 e. The summed E-state index contributed by atoms with van der Waals surface area (Å²) in [6.07, 6.45) is 0. The average molecular weight is 273 g/mol. The topological polar surface area (TPSA) is 29.5 Å². The van der Waals surface area contributed by atoms with Crippen LogP contribution in [-0.4, -0.2) is 11.7 Å². The van der Waals surface area contributed by atoms with Crippen LogP contribution < -0.4 is 4.74 Å². The lowest BCUT2D eigenvalue weighted by molar-refractivity contribution is 0.321. The molecule has 0 aliphatic rings. The minimum Gasteiger partial charge on any atom is -0.503 e. The summed E-state index contributed by atoms with van der Waals surface area (Å²) in [5.74, 6) is 0.746. The molecular weight excluding hydrogens is 264 g/mol. The van der Waals surface area contributed by atoms with E-state index in [2.05, 4.69) is 15.9 Å². The first kappa shape index (κ1) is 9.80. The molecule has 0 amide bonds.